The molecule has 3 aromatic rings. The third kappa shape index (κ3) is 5.66. The first kappa shape index (κ1) is 21.0. The van der Waals surface area contributed by atoms with E-state index in [0.29, 0.717) is 33.5 Å². The molecule has 0 saturated carbocycles. The second-order valence-corrected chi connectivity index (χ2v) is 7.30. The summed E-state index contributed by atoms with van der Waals surface area (Å²) >= 11 is 0. The van der Waals surface area contributed by atoms with Crippen LogP contribution in [0.15, 0.2) is 58.5 Å². The number of H-pyrrole nitrogens is 1. The van der Waals surface area contributed by atoms with Crippen LogP contribution in [0.25, 0.3) is 0 Å². The van der Waals surface area contributed by atoms with E-state index in [0.717, 1.165) is 0 Å². The average molecular weight is 423 g/mol. The lowest BCUT2D eigenvalue weighted by atomic mass is 10.2. The lowest BCUT2D eigenvalue weighted by Crippen LogP contribution is -2.21. The molecule has 0 aliphatic carbocycles. The third-order valence-corrected chi connectivity index (χ3v) is 4.59. The fourth-order valence-corrected chi connectivity index (χ4v) is 2.76. The molecule has 0 aliphatic heterocycles. The van der Waals surface area contributed by atoms with Gasteiger partial charge in [-0.1, -0.05) is 28.9 Å². The lowest BCUT2D eigenvalue weighted by molar-refractivity contribution is 0.281. The van der Waals surface area contributed by atoms with Gasteiger partial charge in [0.25, 0.3) is 0 Å². The number of hydrogen-bond donors (Lipinski definition) is 5. The molecule has 1 atom stereocenters. The first-order valence-corrected chi connectivity index (χ1v) is 10.0. The Hall–Kier alpha value is -3.68. The van der Waals surface area contributed by atoms with Gasteiger partial charge in [0, 0.05) is 29.6 Å². The molecular formula is C20H19N6O3S-. The van der Waals surface area contributed by atoms with E-state index < -0.39 is 10.6 Å². The average Bonchev–Trinajstić information content (AvgIpc) is 2.73. The molecule has 0 bridgehead atoms. The summed E-state index contributed by atoms with van der Waals surface area (Å²) in [5, 5.41) is 15.5. The lowest BCUT2D eigenvalue weighted by Gasteiger charge is -2.14. The summed E-state index contributed by atoms with van der Waals surface area (Å²) in [4.78, 5) is 23.0. The number of anilines is 3. The van der Waals surface area contributed by atoms with Crippen LogP contribution < -0.4 is 16.2 Å². The van der Waals surface area contributed by atoms with Crippen LogP contribution in [0.4, 0.5) is 17.5 Å². The van der Waals surface area contributed by atoms with Gasteiger partial charge in [-0.2, -0.15) is 15.6 Å². The van der Waals surface area contributed by atoms with Crippen molar-refractivity contribution < 1.29 is 9.32 Å². The largest absolute Gasteiger partial charge is 0.440 e. The molecule has 0 unspecified atom stereocenters. The van der Waals surface area contributed by atoms with Crippen molar-refractivity contribution in [2.24, 2.45) is 0 Å². The predicted octanol–water partition coefficient (Wildman–Crippen LogP) is 2.19. The molecule has 0 saturated heterocycles. The Bertz CT molecular complexity index is 1220. The molecule has 10 heteroatoms. The molecule has 3 rings (SSSR count). The topological polar surface area (TPSA) is 144 Å². The summed E-state index contributed by atoms with van der Waals surface area (Å²) in [6, 6.07) is 9.33. The summed E-state index contributed by atoms with van der Waals surface area (Å²) < 4.78 is 18.4. The number of rotatable bonds is 6. The molecule has 1 aromatic carbocycles. The first-order valence-electron chi connectivity index (χ1n) is 8.90. The van der Waals surface area contributed by atoms with E-state index in [1.807, 2.05) is 0 Å². The summed E-state index contributed by atoms with van der Waals surface area (Å²) in [7, 11) is -1.80. The van der Waals surface area contributed by atoms with Gasteiger partial charge in [0.1, 0.15) is 5.82 Å². The van der Waals surface area contributed by atoms with Gasteiger partial charge >= 0.3 is 0 Å². The number of aliphatic hydroxyl groups is 1. The van der Waals surface area contributed by atoms with E-state index in [9.17, 15) is 14.1 Å². The highest BCUT2D eigenvalue weighted by atomic mass is 32.2. The highest BCUT2D eigenvalue weighted by Crippen LogP contribution is 2.19. The molecule has 154 valence electrons. The van der Waals surface area contributed by atoms with E-state index in [-0.39, 0.29) is 18.2 Å². The van der Waals surface area contributed by atoms with Gasteiger partial charge in [-0.25, -0.2) is 4.98 Å². The van der Waals surface area contributed by atoms with Crippen LogP contribution in [0.1, 0.15) is 18.1 Å². The number of aliphatic hydroxyl groups excluding tert-OH is 1. The molecular weight excluding hydrogens is 404 g/mol. The highest BCUT2D eigenvalue weighted by Gasteiger charge is 2.09. The number of hydrogen-bond acceptors (Lipinski definition) is 9. The maximum atomic E-state index is 11.4. The van der Waals surface area contributed by atoms with Gasteiger partial charge in [-0.3, -0.25) is 4.79 Å². The maximum Gasteiger partial charge on any atom is 0.249 e. The third-order valence-electron chi connectivity index (χ3n) is 3.89. The second kappa shape index (κ2) is 9.69. The van der Waals surface area contributed by atoms with Gasteiger partial charge < -0.3 is 29.7 Å². The molecule has 0 aliphatic rings. The normalized spacial score (nSPS) is 11.4. The minimum Gasteiger partial charge on any atom is -0.440 e. The molecule has 0 spiro atoms. The molecule has 0 fully saturated rings. The number of nitrogens with zero attached hydrogens (tertiary/aromatic N) is 2. The number of aromatic amines is 1. The Kier molecular flexibility index (Phi) is 6.79. The minimum atomic E-state index is -1.80. The molecule has 30 heavy (non-hydrogen) atoms. The SMILES string of the molecule is C[C@H](CO)Nc1nc(Nc2ccc([S-](=N)=O)cc2)ncc1C#Cc1cc[nH]c(=O)c1. The summed E-state index contributed by atoms with van der Waals surface area (Å²) in [6.07, 6.45) is 3.06. The molecule has 0 amide bonds. The quantitative estimate of drug-likeness (QED) is 0.302. The fourth-order valence-electron chi connectivity index (χ4n) is 2.38. The first-order chi connectivity index (χ1) is 14.4. The molecule has 5 N–H and O–H groups in total. The zero-order valence-corrected chi connectivity index (χ0v) is 16.8. The molecule has 9 nitrogen and oxygen atoms in total. The van der Waals surface area contributed by atoms with Gasteiger partial charge in [0.2, 0.25) is 11.5 Å². The van der Waals surface area contributed by atoms with Crippen LogP contribution in [0.3, 0.4) is 0 Å². The zero-order valence-electron chi connectivity index (χ0n) is 16.0. The van der Waals surface area contributed by atoms with Gasteiger partial charge in [-0.15, -0.1) is 0 Å². The van der Waals surface area contributed by atoms with E-state index in [1.54, 1.807) is 37.3 Å². The molecule has 2 heterocycles. The van der Waals surface area contributed by atoms with Crippen LogP contribution in [-0.2, 0) is 14.8 Å². The Labute approximate surface area is 174 Å². The Morgan fingerprint density at radius 1 is 1.27 bits per heavy atom. The van der Waals surface area contributed by atoms with Crippen molar-refractivity contribution in [3.8, 4) is 11.8 Å². The van der Waals surface area contributed by atoms with Crippen molar-refractivity contribution >= 4 is 28.0 Å². The summed E-state index contributed by atoms with van der Waals surface area (Å²) in [5.41, 5.74) is 1.47. The monoisotopic (exact) mass is 423 g/mol. The number of aromatic nitrogens is 3. The van der Waals surface area contributed by atoms with Crippen molar-refractivity contribution in [2.45, 2.75) is 17.9 Å². The smallest absolute Gasteiger partial charge is 0.249 e. The van der Waals surface area contributed by atoms with Crippen molar-refractivity contribution in [3.05, 3.63) is 70.3 Å². The van der Waals surface area contributed by atoms with Crippen molar-refractivity contribution in [3.63, 3.8) is 0 Å². The Morgan fingerprint density at radius 3 is 2.70 bits per heavy atom. The van der Waals surface area contributed by atoms with Gasteiger partial charge in [0.05, 0.1) is 18.4 Å². The molecule has 0 radical (unpaired) electrons. The summed E-state index contributed by atoms with van der Waals surface area (Å²) in [6.45, 7) is 1.70. The fraction of sp³-hybridized carbons (Fsp3) is 0.150. The minimum absolute atomic E-state index is 0.0978. The van der Waals surface area contributed by atoms with Crippen LogP contribution in [0.2, 0.25) is 0 Å². The molecule has 2 aromatic heterocycles. The number of pyridine rings is 1. The highest BCUT2D eigenvalue weighted by molar-refractivity contribution is 7.73. The van der Waals surface area contributed by atoms with E-state index in [4.69, 9.17) is 4.78 Å². The van der Waals surface area contributed by atoms with Crippen molar-refractivity contribution in [1.29, 1.82) is 4.78 Å². The van der Waals surface area contributed by atoms with Crippen LogP contribution in [-0.4, -0.2) is 32.7 Å². The van der Waals surface area contributed by atoms with Crippen molar-refractivity contribution in [1.82, 2.24) is 15.0 Å². The van der Waals surface area contributed by atoms with Crippen LogP contribution >= 0.6 is 0 Å². The maximum absolute atomic E-state index is 11.4. The van der Waals surface area contributed by atoms with E-state index in [1.165, 1.54) is 18.5 Å². The number of benzene rings is 1. The van der Waals surface area contributed by atoms with E-state index in [2.05, 4.69) is 37.4 Å². The standard InChI is InChI=1S/C20H19N6O3S/c1-13(12-27)24-19-15(3-2-14-8-9-22-18(28)10-14)11-23-20(26-19)25-16-4-6-17(7-5-16)30(21)29/h4-11,13,21,27H,12H2,1H3,(H,22,28)(H2,23,24,25,26)/q-1/t13-/m1/s1. The number of nitrogens with one attached hydrogen (secondary N) is 4. The van der Waals surface area contributed by atoms with Gasteiger partial charge in [0.15, 0.2) is 0 Å². The second-order valence-electron chi connectivity index (χ2n) is 6.29. The Balaban J connectivity index is 1.89. The summed E-state index contributed by atoms with van der Waals surface area (Å²) in [5.74, 6) is 6.56. The van der Waals surface area contributed by atoms with Crippen molar-refractivity contribution in [2.75, 3.05) is 17.2 Å². The Morgan fingerprint density at radius 2 is 2.03 bits per heavy atom. The predicted molar refractivity (Wildman–Crippen MR) is 114 cm³/mol. The van der Waals surface area contributed by atoms with Crippen LogP contribution in [0, 0.1) is 16.6 Å². The van der Waals surface area contributed by atoms with E-state index >= 15 is 0 Å². The zero-order chi connectivity index (χ0) is 21.5. The van der Waals surface area contributed by atoms with Crippen LogP contribution in [0.5, 0.6) is 0 Å². The van der Waals surface area contributed by atoms with Gasteiger partial charge in [-0.05, 0) is 25.1 Å².